The van der Waals surface area contributed by atoms with Gasteiger partial charge in [-0.1, -0.05) is 5.21 Å². The second-order valence-electron chi connectivity index (χ2n) is 9.88. The van der Waals surface area contributed by atoms with E-state index in [2.05, 4.69) is 14.7 Å². The predicted octanol–water partition coefficient (Wildman–Crippen LogP) is 2.60. The maximum atomic E-state index is 13.8. The highest BCUT2D eigenvalue weighted by Crippen LogP contribution is 2.36. The monoisotopic (exact) mass is 583 g/mol. The minimum absolute atomic E-state index is 0.0431. The second-order valence-corrected chi connectivity index (χ2v) is 10.7. The maximum Gasteiger partial charge on any atom is 0.407 e. The van der Waals surface area contributed by atoms with Crippen molar-refractivity contribution in [2.24, 2.45) is 0 Å². The van der Waals surface area contributed by atoms with E-state index in [0.29, 0.717) is 32.4 Å². The van der Waals surface area contributed by atoms with Gasteiger partial charge in [-0.25, -0.2) is 22.6 Å². The second kappa shape index (κ2) is 11.8. The van der Waals surface area contributed by atoms with E-state index in [0.717, 1.165) is 22.7 Å². The van der Waals surface area contributed by atoms with Crippen LogP contribution in [0.1, 0.15) is 35.4 Å². The van der Waals surface area contributed by atoms with Crippen molar-refractivity contribution in [3.63, 3.8) is 0 Å². The number of hydrogen-bond acceptors (Lipinski definition) is 9. The molecule has 0 aliphatic carbocycles. The molecule has 216 valence electrons. The van der Waals surface area contributed by atoms with Gasteiger partial charge in [0.2, 0.25) is 0 Å². The Balaban J connectivity index is 1.35. The SMILES string of the molecule is CO[C@@H]1[C@@H](n2cc(-c3cc(F)c(F)c(F)c3)nn2)[C@@H](O)[C@@H](CO)O[C@@H]1Cc1cc(C2CCN(C(=O)O)CC2)sn1. The van der Waals surface area contributed by atoms with Gasteiger partial charge in [0.25, 0.3) is 0 Å². The summed E-state index contributed by atoms with van der Waals surface area (Å²) < 4.78 is 58.6. The molecule has 4 heterocycles. The number of carbonyl (C=O) groups is 1. The van der Waals surface area contributed by atoms with Gasteiger partial charge < -0.3 is 29.7 Å². The summed E-state index contributed by atoms with van der Waals surface area (Å²) in [6.45, 7) is 0.421. The van der Waals surface area contributed by atoms with Crippen LogP contribution in [0.15, 0.2) is 24.4 Å². The molecular formula is C25H28F3N5O6S. The van der Waals surface area contributed by atoms with E-state index < -0.39 is 60.6 Å². The number of likely N-dealkylation sites (tertiary alicyclic amines) is 1. The molecule has 0 spiro atoms. The lowest BCUT2D eigenvalue weighted by atomic mass is 9.90. The fourth-order valence-corrected chi connectivity index (χ4v) is 6.29. The number of benzene rings is 1. The number of aliphatic hydroxyl groups is 2. The van der Waals surface area contributed by atoms with Crippen molar-refractivity contribution in [2.45, 2.75) is 55.6 Å². The van der Waals surface area contributed by atoms with Gasteiger partial charge in [-0.3, -0.25) is 0 Å². The number of carboxylic acid groups (broad SMARTS) is 1. The number of amides is 1. The van der Waals surface area contributed by atoms with Crippen LogP contribution in [0.5, 0.6) is 0 Å². The lowest BCUT2D eigenvalue weighted by Crippen LogP contribution is -2.57. The Labute approximate surface area is 230 Å². The number of rotatable bonds is 7. The fourth-order valence-electron chi connectivity index (χ4n) is 5.37. The Bertz CT molecular complexity index is 1330. The number of nitrogens with zero attached hydrogens (tertiary/aromatic N) is 5. The lowest BCUT2D eigenvalue weighted by Gasteiger charge is -2.43. The van der Waals surface area contributed by atoms with Crippen molar-refractivity contribution in [1.29, 1.82) is 0 Å². The molecular weight excluding hydrogens is 555 g/mol. The average molecular weight is 584 g/mol. The van der Waals surface area contributed by atoms with Crippen molar-refractivity contribution in [1.82, 2.24) is 24.3 Å². The smallest absolute Gasteiger partial charge is 0.407 e. The van der Waals surface area contributed by atoms with Crippen LogP contribution in [0.2, 0.25) is 0 Å². The van der Waals surface area contributed by atoms with Crippen molar-refractivity contribution in [3.05, 3.63) is 52.4 Å². The molecule has 1 aromatic carbocycles. The molecule has 3 aromatic rings. The third-order valence-electron chi connectivity index (χ3n) is 7.49. The molecule has 2 saturated heterocycles. The minimum Gasteiger partial charge on any atom is -0.465 e. The van der Waals surface area contributed by atoms with Crippen LogP contribution >= 0.6 is 11.5 Å². The number of aliphatic hydroxyl groups excluding tert-OH is 2. The molecule has 2 aromatic heterocycles. The van der Waals surface area contributed by atoms with Crippen molar-refractivity contribution >= 4 is 17.6 Å². The summed E-state index contributed by atoms with van der Waals surface area (Å²) in [5.74, 6) is -4.15. The summed E-state index contributed by atoms with van der Waals surface area (Å²) in [5, 5.41) is 38.1. The highest BCUT2D eigenvalue weighted by Gasteiger charge is 2.47. The highest BCUT2D eigenvalue weighted by molar-refractivity contribution is 7.05. The van der Waals surface area contributed by atoms with Gasteiger partial charge in [-0.05, 0) is 48.5 Å². The van der Waals surface area contributed by atoms with Gasteiger partial charge in [0.05, 0.1) is 24.6 Å². The molecule has 40 heavy (non-hydrogen) atoms. The van der Waals surface area contributed by atoms with Gasteiger partial charge in [0, 0.05) is 37.1 Å². The van der Waals surface area contributed by atoms with E-state index >= 15 is 0 Å². The fraction of sp³-hybridized carbons (Fsp3) is 0.520. The van der Waals surface area contributed by atoms with E-state index in [1.54, 1.807) is 0 Å². The lowest BCUT2D eigenvalue weighted by molar-refractivity contribution is -0.212. The van der Waals surface area contributed by atoms with E-state index in [4.69, 9.17) is 9.47 Å². The quantitative estimate of drug-likeness (QED) is 0.358. The summed E-state index contributed by atoms with van der Waals surface area (Å²) in [6.07, 6.45) is -1.58. The largest absolute Gasteiger partial charge is 0.465 e. The molecule has 0 bridgehead atoms. The number of ether oxygens (including phenoxy) is 2. The zero-order valence-corrected chi connectivity index (χ0v) is 22.2. The Morgan fingerprint density at radius 3 is 2.50 bits per heavy atom. The molecule has 2 fully saturated rings. The predicted molar refractivity (Wildman–Crippen MR) is 134 cm³/mol. The van der Waals surface area contributed by atoms with Gasteiger partial charge in [-0.2, -0.15) is 4.37 Å². The molecule has 0 radical (unpaired) electrons. The third-order valence-corrected chi connectivity index (χ3v) is 8.47. The summed E-state index contributed by atoms with van der Waals surface area (Å²) >= 11 is 1.35. The van der Waals surface area contributed by atoms with Crippen LogP contribution < -0.4 is 0 Å². The first-order valence-electron chi connectivity index (χ1n) is 12.7. The van der Waals surface area contributed by atoms with Crippen LogP contribution in [0.4, 0.5) is 18.0 Å². The number of halogens is 3. The molecule has 15 heteroatoms. The molecule has 5 atom stereocenters. The Morgan fingerprint density at radius 2 is 1.88 bits per heavy atom. The molecule has 0 saturated carbocycles. The topological polar surface area (TPSA) is 143 Å². The van der Waals surface area contributed by atoms with Crippen molar-refractivity contribution < 1.29 is 42.8 Å². The summed E-state index contributed by atoms with van der Waals surface area (Å²) in [4.78, 5) is 13.6. The van der Waals surface area contributed by atoms with Gasteiger partial charge in [0.15, 0.2) is 17.5 Å². The Kier molecular flexibility index (Phi) is 8.37. The molecule has 2 aliphatic rings. The zero-order chi connectivity index (χ0) is 28.6. The Morgan fingerprint density at radius 1 is 1.18 bits per heavy atom. The van der Waals surface area contributed by atoms with Crippen LogP contribution in [0, 0.1) is 17.5 Å². The van der Waals surface area contributed by atoms with Gasteiger partial charge >= 0.3 is 6.09 Å². The molecule has 3 N–H and O–H groups in total. The van der Waals surface area contributed by atoms with Gasteiger partial charge in [-0.15, -0.1) is 5.10 Å². The van der Waals surface area contributed by atoms with Crippen LogP contribution in [0.25, 0.3) is 11.3 Å². The van der Waals surface area contributed by atoms with Crippen molar-refractivity contribution in [2.75, 3.05) is 26.8 Å². The van der Waals surface area contributed by atoms with E-state index in [1.165, 1.54) is 34.4 Å². The maximum absolute atomic E-state index is 13.8. The van der Waals surface area contributed by atoms with Crippen LogP contribution in [-0.2, 0) is 15.9 Å². The summed E-state index contributed by atoms with van der Waals surface area (Å²) in [5.41, 5.74) is 0.718. The molecule has 0 unspecified atom stereocenters. The van der Waals surface area contributed by atoms with Crippen molar-refractivity contribution in [3.8, 4) is 11.3 Å². The normalized spacial score (nSPS) is 25.9. The average Bonchev–Trinajstić information content (AvgIpc) is 3.62. The van der Waals surface area contributed by atoms with Gasteiger partial charge in [0.1, 0.15) is 30.0 Å². The van der Waals surface area contributed by atoms with E-state index in [9.17, 15) is 33.3 Å². The van der Waals surface area contributed by atoms with Crippen LogP contribution in [0.3, 0.4) is 0 Å². The molecule has 5 rings (SSSR count). The first kappa shape index (κ1) is 28.4. The third kappa shape index (κ3) is 5.56. The number of aromatic nitrogens is 4. The molecule has 2 aliphatic heterocycles. The molecule has 11 nitrogen and oxygen atoms in total. The standard InChI is InChI=1S/C25H28F3N5O6S/c1-38-24-18(8-14-9-20(40-30-14)12-2-4-32(5-3-12)25(36)37)39-19(11-34)23(35)22(24)33-10-17(29-31-33)13-6-15(26)21(28)16(27)7-13/h6-7,9-10,12,18-19,22-24,34-35H,2-5,8,11H2,1H3,(H,36,37)/t18-,19-,22+,23+,24+/m1/s1. The van der Waals surface area contributed by atoms with Crippen LogP contribution in [-0.4, -0.2) is 96.9 Å². The number of methoxy groups -OCH3 is 1. The molecule has 1 amide bonds. The first-order chi connectivity index (χ1) is 19.2. The number of hydrogen-bond donors (Lipinski definition) is 3. The number of piperidine rings is 1. The Hall–Kier alpha value is -3.11. The summed E-state index contributed by atoms with van der Waals surface area (Å²) in [7, 11) is 1.44. The first-order valence-corrected chi connectivity index (χ1v) is 13.4. The van der Waals surface area contributed by atoms with E-state index in [-0.39, 0.29) is 17.2 Å². The van der Waals surface area contributed by atoms with E-state index in [1.807, 2.05) is 6.07 Å². The zero-order valence-electron chi connectivity index (χ0n) is 21.4. The summed E-state index contributed by atoms with van der Waals surface area (Å²) in [6, 6.07) is 2.66. The highest BCUT2D eigenvalue weighted by atomic mass is 32.1. The minimum atomic E-state index is -1.60.